The molecule has 2 saturated heterocycles. The first-order valence-electron chi connectivity index (χ1n) is 11.5. The Morgan fingerprint density at radius 3 is 2.71 bits per heavy atom. The van der Waals surface area contributed by atoms with E-state index in [2.05, 4.69) is 11.6 Å². The van der Waals surface area contributed by atoms with Crippen LogP contribution in [0.3, 0.4) is 0 Å². The van der Waals surface area contributed by atoms with Gasteiger partial charge in [-0.3, -0.25) is 9.59 Å². The van der Waals surface area contributed by atoms with Crippen LogP contribution in [0.4, 0.5) is 11.6 Å². The number of hydrogen-bond acceptors (Lipinski definition) is 8. The largest absolute Gasteiger partial charge is 0.489 e. The van der Waals surface area contributed by atoms with E-state index in [0.717, 1.165) is 5.56 Å². The second-order valence-corrected chi connectivity index (χ2v) is 9.19. The average molecular weight is 499 g/mol. The molecular formula is C24H27ClN6O4. The van der Waals surface area contributed by atoms with Gasteiger partial charge in [-0.25, -0.2) is 9.97 Å². The van der Waals surface area contributed by atoms with Crippen LogP contribution in [0.2, 0.25) is 5.02 Å². The number of nitrogen functional groups attached to an aromatic ring is 1. The minimum Gasteiger partial charge on any atom is -0.489 e. The van der Waals surface area contributed by atoms with Crippen molar-refractivity contribution in [2.75, 3.05) is 63.2 Å². The van der Waals surface area contributed by atoms with Gasteiger partial charge >= 0.3 is 0 Å². The smallest absolute Gasteiger partial charge is 0.261 e. The third-order valence-electron chi connectivity index (χ3n) is 6.48. The minimum atomic E-state index is -0.322. The van der Waals surface area contributed by atoms with Crippen molar-refractivity contribution in [3.63, 3.8) is 0 Å². The molecule has 5 heterocycles. The van der Waals surface area contributed by atoms with Gasteiger partial charge in [0.15, 0.2) is 5.75 Å². The zero-order valence-corrected chi connectivity index (χ0v) is 20.3. The fraction of sp³-hybridized carbons (Fsp3) is 0.417. The molecule has 0 unspecified atom stereocenters. The molecule has 2 aromatic heterocycles. The number of anilines is 2. The lowest BCUT2D eigenvalue weighted by molar-refractivity contribution is -0.128. The standard InChI is InChI=1S/C24H27ClN6O4/c1-3-18(32)30-4-5-31-15(12-30)13-35-22-19(24(31)33)23(29-6-8-34-9-7-29)28-21(20(22)25)16-10-14(2)11-17(26)27-16/h3,10-11,15H,1,4-9,12-13H2,2H3,(H2,26,27)/t15-/m1/s1. The summed E-state index contributed by atoms with van der Waals surface area (Å²) in [5.41, 5.74) is 8.14. The first-order chi connectivity index (χ1) is 16.9. The quantitative estimate of drug-likeness (QED) is 0.637. The number of fused-ring (bicyclic) bond motifs is 2. The van der Waals surface area contributed by atoms with E-state index in [1.807, 2.05) is 17.9 Å². The van der Waals surface area contributed by atoms with Gasteiger partial charge in [-0.05, 0) is 30.7 Å². The molecule has 5 rings (SSSR count). The van der Waals surface area contributed by atoms with Crippen molar-refractivity contribution in [1.82, 2.24) is 19.8 Å². The molecule has 3 aliphatic rings. The monoisotopic (exact) mass is 498 g/mol. The van der Waals surface area contributed by atoms with Gasteiger partial charge in [0.05, 0.1) is 24.9 Å². The number of nitrogens with zero attached hydrogens (tertiary/aromatic N) is 5. The summed E-state index contributed by atoms with van der Waals surface area (Å²) in [5.74, 6) is 0.730. The Morgan fingerprint density at radius 2 is 2.00 bits per heavy atom. The van der Waals surface area contributed by atoms with Crippen molar-refractivity contribution in [1.29, 1.82) is 0 Å². The summed E-state index contributed by atoms with van der Waals surface area (Å²) in [5, 5.41) is 0.210. The third kappa shape index (κ3) is 4.28. The van der Waals surface area contributed by atoms with E-state index in [-0.39, 0.29) is 35.2 Å². The van der Waals surface area contributed by atoms with Crippen molar-refractivity contribution in [3.05, 3.63) is 40.9 Å². The van der Waals surface area contributed by atoms with Gasteiger partial charge in [0, 0.05) is 32.7 Å². The van der Waals surface area contributed by atoms with E-state index in [0.29, 0.717) is 74.5 Å². The van der Waals surface area contributed by atoms with Crippen LogP contribution in [0.25, 0.3) is 11.4 Å². The Bertz CT molecular complexity index is 1180. The van der Waals surface area contributed by atoms with Crippen molar-refractivity contribution in [2.24, 2.45) is 0 Å². The molecule has 2 fully saturated rings. The van der Waals surface area contributed by atoms with E-state index in [4.69, 9.17) is 31.8 Å². The number of hydrogen-bond donors (Lipinski definition) is 1. The molecule has 1 atom stereocenters. The number of ether oxygens (including phenoxy) is 2. The number of morpholine rings is 1. The first kappa shape index (κ1) is 23.4. The van der Waals surface area contributed by atoms with Crippen molar-refractivity contribution >= 4 is 35.1 Å². The number of pyridine rings is 2. The lowest BCUT2D eigenvalue weighted by Crippen LogP contribution is -2.57. The summed E-state index contributed by atoms with van der Waals surface area (Å²) in [6.45, 7) is 9.00. The normalized spacial score (nSPS) is 20.0. The number of halogens is 1. The predicted octanol–water partition coefficient (Wildman–Crippen LogP) is 1.76. The number of aryl methyl sites for hydroxylation is 1. The molecule has 2 N–H and O–H groups in total. The van der Waals surface area contributed by atoms with Gasteiger partial charge in [0.1, 0.15) is 34.5 Å². The number of aromatic nitrogens is 2. The Hall–Kier alpha value is -3.37. The van der Waals surface area contributed by atoms with Crippen molar-refractivity contribution in [3.8, 4) is 17.1 Å². The highest BCUT2D eigenvalue weighted by atomic mass is 35.5. The molecule has 184 valence electrons. The number of amides is 2. The van der Waals surface area contributed by atoms with Gasteiger partial charge in [-0.1, -0.05) is 18.2 Å². The highest BCUT2D eigenvalue weighted by Gasteiger charge is 2.40. The zero-order valence-electron chi connectivity index (χ0n) is 19.5. The number of nitrogens with two attached hydrogens (primary N) is 1. The fourth-order valence-electron chi connectivity index (χ4n) is 4.76. The summed E-state index contributed by atoms with van der Waals surface area (Å²) in [6.07, 6.45) is 1.29. The minimum absolute atomic E-state index is 0.169. The highest BCUT2D eigenvalue weighted by Crippen LogP contribution is 2.43. The van der Waals surface area contributed by atoms with Crippen LogP contribution in [0.15, 0.2) is 24.8 Å². The number of piperazine rings is 1. The van der Waals surface area contributed by atoms with E-state index in [1.165, 1.54) is 6.08 Å². The van der Waals surface area contributed by atoms with Gasteiger partial charge in [-0.15, -0.1) is 0 Å². The highest BCUT2D eigenvalue weighted by molar-refractivity contribution is 6.35. The lowest BCUT2D eigenvalue weighted by Gasteiger charge is -2.39. The number of carbonyl (C=O) groups excluding carboxylic acids is 2. The second-order valence-electron chi connectivity index (χ2n) is 8.81. The number of carbonyl (C=O) groups is 2. The third-order valence-corrected chi connectivity index (χ3v) is 6.83. The molecule has 0 aromatic carbocycles. The van der Waals surface area contributed by atoms with E-state index in [1.54, 1.807) is 15.9 Å². The molecule has 10 nitrogen and oxygen atoms in total. The molecule has 0 bridgehead atoms. The SMILES string of the molecule is C=CC(=O)N1CCN2C(=O)c3c(N4CCOCC4)nc(-c4cc(C)cc(N)n4)c(Cl)c3OC[C@H]2C1. The Kier molecular flexibility index (Phi) is 6.24. The van der Waals surface area contributed by atoms with Gasteiger partial charge in [-0.2, -0.15) is 0 Å². The first-order valence-corrected chi connectivity index (χ1v) is 11.9. The average Bonchev–Trinajstić information content (AvgIpc) is 3.00. The summed E-state index contributed by atoms with van der Waals surface area (Å²) in [7, 11) is 0. The fourth-order valence-corrected chi connectivity index (χ4v) is 5.05. The molecular weight excluding hydrogens is 472 g/mol. The molecule has 0 saturated carbocycles. The van der Waals surface area contributed by atoms with E-state index < -0.39 is 0 Å². The van der Waals surface area contributed by atoms with Crippen LogP contribution >= 0.6 is 11.6 Å². The van der Waals surface area contributed by atoms with Gasteiger partial charge < -0.3 is 29.9 Å². The zero-order chi connectivity index (χ0) is 24.7. The van der Waals surface area contributed by atoms with Crippen molar-refractivity contribution < 1.29 is 19.1 Å². The van der Waals surface area contributed by atoms with Crippen molar-refractivity contribution in [2.45, 2.75) is 13.0 Å². The Balaban J connectivity index is 1.63. The molecule has 35 heavy (non-hydrogen) atoms. The molecule has 3 aliphatic heterocycles. The molecule has 0 spiro atoms. The summed E-state index contributed by atoms with van der Waals surface area (Å²) in [4.78, 5) is 40.9. The molecule has 0 radical (unpaired) electrons. The molecule has 2 amide bonds. The second kappa shape index (κ2) is 9.35. The summed E-state index contributed by atoms with van der Waals surface area (Å²) >= 11 is 6.85. The van der Waals surface area contributed by atoms with Crippen LogP contribution in [0.5, 0.6) is 5.75 Å². The molecule has 2 aromatic rings. The molecule has 11 heteroatoms. The van der Waals surface area contributed by atoms with Crippen LogP contribution in [-0.2, 0) is 9.53 Å². The molecule has 0 aliphatic carbocycles. The maximum absolute atomic E-state index is 13.9. The van der Waals surface area contributed by atoms with Gasteiger partial charge in [0.25, 0.3) is 5.91 Å². The summed E-state index contributed by atoms with van der Waals surface area (Å²) in [6, 6.07) is 3.29. The van der Waals surface area contributed by atoms with Crippen LogP contribution in [-0.4, -0.2) is 90.2 Å². The van der Waals surface area contributed by atoms with Crippen LogP contribution < -0.4 is 15.4 Å². The lowest BCUT2D eigenvalue weighted by atomic mass is 10.1. The summed E-state index contributed by atoms with van der Waals surface area (Å²) < 4.78 is 11.7. The maximum Gasteiger partial charge on any atom is 0.261 e. The number of rotatable bonds is 3. The van der Waals surface area contributed by atoms with Gasteiger partial charge in [0.2, 0.25) is 5.91 Å². The van der Waals surface area contributed by atoms with E-state index >= 15 is 0 Å². The van der Waals surface area contributed by atoms with E-state index in [9.17, 15) is 9.59 Å². The predicted molar refractivity (Wildman–Crippen MR) is 132 cm³/mol. The Morgan fingerprint density at radius 1 is 1.23 bits per heavy atom. The Labute approximate surface area is 208 Å². The van der Waals surface area contributed by atoms with Crippen LogP contribution in [0.1, 0.15) is 15.9 Å². The maximum atomic E-state index is 13.9. The van der Waals surface area contributed by atoms with Crippen LogP contribution in [0, 0.1) is 6.92 Å². The topological polar surface area (TPSA) is 114 Å².